The number of rotatable bonds is 3. The zero-order valence-electron chi connectivity index (χ0n) is 11.2. The SMILES string of the molecule is NC(=NCC1CCCO1)NCC#Cc1cccc(F)c1. The first-order valence-corrected chi connectivity index (χ1v) is 6.64. The van der Waals surface area contributed by atoms with Gasteiger partial charge in [-0.05, 0) is 31.0 Å². The van der Waals surface area contributed by atoms with Gasteiger partial charge in [0.25, 0.3) is 0 Å². The normalized spacial score (nSPS) is 18.4. The van der Waals surface area contributed by atoms with Crippen LogP contribution in [0.3, 0.4) is 0 Å². The lowest BCUT2D eigenvalue weighted by molar-refractivity contribution is 0.118. The summed E-state index contributed by atoms with van der Waals surface area (Å²) < 4.78 is 18.4. The van der Waals surface area contributed by atoms with E-state index in [1.54, 1.807) is 12.1 Å². The second-order valence-electron chi connectivity index (χ2n) is 4.53. The fourth-order valence-corrected chi connectivity index (χ4v) is 1.89. The van der Waals surface area contributed by atoms with Crippen molar-refractivity contribution in [2.75, 3.05) is 19.7 Å². The Morgan fingerprint density at radius 1 is 1.55 bits per heavy atom. The van der Waals surface area contributed by atoms with E-state index in [1.165, 1.54) is 12.1 Å². The number of benzene rings is 1. The monoisotopic (exact) mass is 275 g/mol. The number of ether oxygens (including phenoxy) is 1. The van der Waals surface area contributed by atoms with Gasteiger partial charge in [0.05, 0.1) is 19.2 Å². The number of halogens is 1. The van der Waals surface area contributed by atoms with Crippen molar-refractivity contribution in [2.24, 2.45) is 10.7 Å². The predicted octanol–water partition coefficient (Wildman–Crippen LogP) is 1.26. The quantitative estimate of drug-likeness (QED) is 0.496. The minimum atomic E-state index is -0.289. The molecule has 4 nitrogen and oxygen atoms in total. The Morgan fingerprint density at radius 2 is 2.45 bits per heavy atom. The second-order valence-corrected chi connectivity index (χ2v) is 4.53. The number of hydrogen-bond donors (Lipinski definition) is 2. The summed E-state index contributed by atoms with van der Waals surface area (Å²) in [5.41, 5.74) is 6.35. The van der Waals surface area contributed by atoms with Crippen molar-refractivity contribution < 1.29 is 9.13 Å². The molecule has 5 heteroatoms. The maximum atomic E-state index is 12.9. The summed E-state index contributed by atoms with van der Waals surface area (Å²) >= 11 is 0. The Labute approximate surface area is 118 Å². The molecule has 0 bridgehead atoms. The average molecular weight is 275 g/mol. The summed E-state index contributed by atoms with van der Waals surface area (Å²) in [6.07, 6.45) is 2.32. The smallest absolute Gasteiger partial charge is 0.189 e. The largest absolute Gasteiger partial charge is 0.376 e. The van der Waals surface area contributed by atoms with Gasteiger partial charge in [-0.3, -0.25) is 4.99 Å². The first-order valence-electron chi connectivity index (χ1n) is 6.64. The molecule has 0 saturated carbocycles. The molecule has 0 aliphatic carbocycles. The fourth-order valence-electron chi connectivity index (χ4n) is 1.89. The van der Waals surface area contributed by atoms with Crippen LogP contribution in [-0.4, -0.2) is 31.8 Å². The summed E-state index contributed by atoms with van der Waals surface area (Å²) in [5, 5.41) is 2.90. The molecule has 0 spiro atoms. The van der Waals surface area contributed by atoms with Crippen molar-refractivity contribution in [3.63, 3.8) is 0 Å². The van der Waals surface area contributed by atoms with E-state index in [-0.39, 0.29) is 11.9 Å². The average Bonchev–Trinajstić information content (AvgIpc) is 2.95. The Kier molecular flexibility index (Phi) is 5.39. The van der Waals surface area contributed by atoms with Gasteiger partial charge in [-0.25, -0.2) is 4.39 Å². The summed E-state index contributed by atoms with van der Waals surface area (Å²) in [6.45, 7) is 1.76. The van der Waals surface area contributed by atoms with Crippen molar-refractivity contribution in [1.29, 1.82) is 0 Å². The van der Waals surface area contributed by atoms with E-state index < -0.39 is 0 Å². The first kappa shape index (κ1) is 14.4. The Hall–Kier alpha value is -2.06. The molecule has 1 aromatic rings. The van der Waals surface area contributed by atoms with Gasteiger partial charge in [0.2, 0.25) is 0 Å². The highest BCUT2D eigenvalue weighted by Gasteiger charge is 2.14. The second kappa shape index (κ2) is 7.51. The molecule has 1 saturated heterocycles. The van der Waals surface area contributed by atoms with E-state index >= 15 is 0 Å². The zero-order chi connectivity index (χ0) is 14.2. The molecule has 20 heavy (non-hydrogen) atoms. The van der Waals surface area contributed by atoms with Gasteiger partial charge in [-0.15, -0.1) is 0 Å². The number of guanidine groups is 1. The van der Waals surface area contributed by atoms with Crippen LogP contribution in [0.4, 0.5) is 4.39 Å². The van der Waals surface area contributed by atoms with E-state index in [1.807, 2.05) is 0 Å². The van der Waals surface area contributed by atoms with E-state index in [9.17, 15) is 4.39 Å². The molecule has 1 unspecified atom stereocenters. The Bertz CT molecular complexity index is 527. The van der Waals surface area contributed by atoms with Gasteiger partial charge in [0, 0.05) is 12.2 Å². The van der Waals surface area contributed by atoms with Crippen LogP contribution in [0.5, 0.6) is 0 Å². The van der Waals surface area contributed by atoms with Crippen LogP contribution in [0.15, 0.2) is 29.3 Å². The van der Waals surface area contributed by atoms with Crippen molar-refractivity contribution in [3.8, 4) is 11.8 Å². The van der Waals surface area contributed by atoms with Gasteiger partial charge in [0.15, 0.2) is 5.96 Å². The predicted molar refractivity (Wildman–Crippen MR) is 76.7 cm³/mol. The molecular formula is C15H18FN3O. The van der Waals surface area contributed by atoms with Crippen molar-refractivity contribution >= 4 is 5.96 Å². The van der Waals surface area contributed by atoms with Crippen molar-refractivity contribution in [3.05, 3.63) is 35.6 Å². The van der Waals surface area contributed by atoms with Gasteiger partial charge in [-0.2, -0.15) is 0 Å². The highest BCUT2D eigenvalue weighted by atomic mass is 19.1. The lowest BCUT2D eigenvalue weighted by Gasteiger charge is -2.06. The van der Waals surface area contributed by atoms with E-state index in [4.69, 9.17) is 10.5 Å². The maximum absolute atomic E-state index is 12.9. The van der Waals surface area contributed by atoms with Crippen LogP contribution < -0.4 is 11.1 Å². The molecule has 0 amide bonds. The minimum absolute atomic E-state index is 0.189. The zero-order valence-corrected chi connectivity index (χ0v) is 11.2. The molecule has 1 heterocycles. The van der Waals surface area contributed by atoms with E-state index in [2.05, 4.69) is 22.2 Å². The lowest BCUT2D eigenvalue weighted by Crippen LogP contribution is -2.32. The van der Waals surface area contributed by atoms with Crippen LogP contribution in [0.1, 0.15) is 18.4 Å². The van der Waals surface area contributed by atoms with Crippen molar-refractivity contribution in [1.82, 2.24) is 5.32 Å². The maximum Gasteiger partial charge on any atom is 0.189 e. The van der Waals surface area contributed by atoms with Crippen LogP contribution in [0.2, 0.25) is 0 Å². The standard InChI is InChI=1S/C15H18FN3O/c16-13-6-1-4-12(10-13)5-2-8-18-15(17)19-11-14-7-3-9-20-14/h1,4,6,10,14H,3,7-9,11H2,(H3,17,18,19). The van der Waals surface area contributed by atoms with Crippen molar-refractivity contribution in [2.45, 2.75) is 18.9 Å². The number of nitrogens with zero attached hydrogens (tertiary/aromatic N) is 1. The van der Waals surface area contributed by atoms with Crippen LogP contribution in [-0.2, 0) is 4.74 Å². The van der Waals surface area contributed by atoms with Gasteiger partial charge >= 0.3 is 0 Å². The molecular weight excluding hydrogens is 257 g/mol. The summed E-state index contributed by atoms with van der Waals surface area (Å²) in [4.78, 5) is 4.20. The first-order chi connectivity index (χ1) is 9.74. The molecule has 0 aromatic heterocycles. The Morgan fingerprint density at radius 3 is 3.20 bits per heavy atom. The molecule has 1 aliphatic heterocycles. The lowest BCUT2D eigenvalue weighted by atomic mass is 10.2. The van der Waals surface area contributed by atoms with E-state index in [0.717, 1.165) is 19.4 Å². The molecule has 1 fully saturated rings. The number of aliphatic imine (C=N–C) groups is 1. The van der Waals surface area contributed by atoms with Crippen LogP contribution in [0, 0.1) is 17.7 Å². The number of nitrogens with two attached hydrogens (primary N) is 1. The van der Waals surface area contributed by atoms with Gasteiger partial charge in [-0.1, -0.05) is 17.9 Å². The highest BCUT2D eigenvalue weighted by molar-refractivity contribution is 5.78. The van der Waals surface area contributed by atoms with Gasteiger partial charge in [0.1, 0.15) is 5.82 Å². The third-order valence-corrected chi connectivity index (χ3v) is 2.90. The molecule has 1 aromatic carbocycles. The molecule has 2 rings (SSSR count). The fraction of sp³-hybridized carbons (Fsp3) is 0.400. The third-order valence-electron chi connectivity index (χ3n) is 2.90. The molecule has 0 radical (unpaired) electrons. The van der Waals surface area contributed by atoms with Crippen LogP contribution >= 0.6 is 0 Å². The summed E-state index contributed by atoms with van der Waals surface area (Å²) in [7, 11) is 0. The molecule has 1 aliphatic rings. The topological polar surface area (TPSA) is 59.6 Å². The Balaban J connectivity index is 1.73. The molecule has 3 N–H and O–H groups in total. The van der Waals surface area contributed by atoms with Gasteiger partial charge < -0.3 is 15.8 Å². The third kappa shape index (κ3) is 4.90. The summed E-state index contributed by atoms with van der Waals surface area (Å²) in [5.74, 6) is 5.78. The minimum Gasteiger partial charge on any atom is -0.376 e. The van der Waals surface area contributed by atoms with Crippen LogP contribution in [0.25, 0.3) is 0 Å². The number of hydrogen-bond acceptors (Lipinski definition) is 2. The summed E-state index contributed by atoms with van der Waals surface area (Å²) in [6, 6.07) is 6.16. The number of nitrogens with one attached hydrogen (secondary N) is 1. The molecule has 1 atom stereocenters. The van der Waals surface area contributed by atoms with E-state index in [0.29, 0.717) is 24.6 Å². The molecule has 106 valence electrons. The highest BCUT2D eigenvalue weighted by Crippen LogP contribution is 2.11.